The Hall–Kier alpha value is -1.32. The molecule has 1 fully saturated rings. The summed E-state index contributed by atoms with van der Waals surface area (Å²) in [4.78, 5) is 8.63. The number of hydrogen-bond donors (Lipinski definition) is 2. The summed E-state index contributed by atoms with van der Waals surface area (Å²) in [6.07, 6.45) is 7.38. The van der Waals surface area contributed by atoms with Crippen LogP contribution in [0.4, 0.5) is 11.6 Å². The van der Waals surface area contributed by atoms with Crippen molar-refractivity contribution in [3.05, 3.63) is 12.4 Å². The van der Waals surface area contributed by atoms with Crippen LogP contribution in [0, 0.1) is 11.8 Å². The quantitative estimate of drug-likeness (QED) is 0.841. The van der Waals surface area contributed by atoms with Crippen molar-refractivity contribution in [2.45, 2.75) is 39.2 Å². The minimum Gasteiger partial charge on any atom is -0.372 e. The lowest BCUT2D eigenvalue weighted by molar-refractivity contribution is 0.391. The minimum atomic E-state index is 0.543. The maximum atomic E-state index is 4.46. The number of anilines is 2. The standard InChI is InChI=1S/C13H22N4/c1-4-10-5-6-11(9(10)2)16-13-8-15-7-12(14-3)17-13/h7-11H,4-6H2,1-3H3,(H2,14,16,17). The van der Waals surface area contributed by atoms with E-state index < -0.39 is 0 Å². The lowest BCUT2D eigenvalue weighted by Crippen LogP contribution is -2.25. The van der Waals surface area contributed by atoms with Gasteiger partial charge in [0.15, 0.2) is 0 Å². The molecular formula is C13H22N4. The van der Waals surface area contributed by atoms with Gasteiger partial charge in [-0.1, -0.05) is 20.3 Å². The van der Waals surface area contributed by atoms with E-state index in [1.165, 1.54) is 19.3 Å². The van der Waals surface area contributed by atoms with E-state index in [2.05, 4.69) is 34.4 Å². The van der Waals surface area contributed by atoms with Crippen LogP contribution < -0.4 is 10.6 Å². The molecule has 2 rings (SSSR count). The summed E-state index contributed by atoms with van der Waals surface area (Å²) < 4.78 is 0. The lowest BCUT2D eigenvalue weighted by atomic mass is 9.93. The third-order valence-electron chi connectivity index (χ3n) is 3.98. The van der Waals surface area contributed by atoms with Crippen molar-refractivity contribution < 1.29 is 0 Å². The summed E-state index contributed by atoms with van der Waals surface area (Å²) in [5.74, 6) is 3.27. The second-order valence-corrected chi connectivity index (χ2v) is 4.90. The smallest absolute Gasteiger partial charge is 0.147 e. The van der Waals surface area contributed by atoms with E-state index in [1.54, 1.807) is 12.4 Å². The molecule has 0 amide bonds. The van der Waals surface area contributed by atoms with Crippen molar-refractivity contribution in [2.75, 3.05) is 17.7 Å². The molecule has 4 nitrogen and oxygen atoms in total. The van der Waals surface area contributed by atoms with Gasteiger partial charge in [0.1, 0.15) is 11.6 Å². The van der Waals surface area contributed by atoms with Crippen LogP contribution in [0.3, 0.4) is 0 Å². The molecule has 1 aliphatic carbocycles. The van der Waals surface area contributed by atoms with E-state index in [4.69, 9.17) is 0 Å². The molecule has 1 aliphatic rings. The molecular weight excluding hydrogens is 212 g/mol. The first-order chi connectivity index (χ1) is 8.24. The van der Waals surface area contributed by atoms with Crippen LogP contribution in [0.1, 0.15) is 33.1 Å². The van der Waals surface area contributed by atoms with Gasteiger partial charge in [0, 0.05) is 13.1 Å². The number of rotatable bonds is 4. The Kier molecular flexibility index (Phi) is 3.82. The Bertz CT molecular complexity index is 366. The minimum absolute atomic E-state index is 0.543. The van der Waals surface area contributed by atoms with Gasteiger partial charge in [-0.2, -0.15) is 0 Å². The van der Waals surface area contributed by atoms with Crippen molar-refractivity contribution in [2.24, 2.45) is 11.8 Å². The SMILES string of the molecule is CCC1CCC(Nc2cncc(NC)n2)C1C. The highest BCUT2D eigenvalue weighted by Crippen LogP contribution is 2.35. The topological polar surface area (TPSA) is 49.8 Å². The van der Waals surface area contributed by atoms with Crippen molar-refractivity contribution in [1.82, 2.24) is 9.97 Å². The molecule has 3 unspecified atom stereocenters. The molecule has 1 aromatic rings. The maximum absolute atomic E-state index is 4.46. The first-order valence-corrected chi connectivity index (χ1v) is 6.51. The molecule has 0 aromatic carbocycles. The summed E-state index contributed by atoms with van der Waals surface area (Å²) in [6, 6.07) is 0.543. The fraction of sp³-hybridized carbons (Fsp3) is 0.692. The molecule has 1 heterocycles. The maximum Gasteiger partial charge on any atom is 0.147 e. The van der Waals surface area contributed by atoms with Crippen LogP contribution in [0.25, 0.3) is 0 Å². The zero-order valence-electron chi connectivity index (χ0n) is 10.9. The van der Waals surface area contributed by atoms with Crippen LogP contribution in [0.2, 0.25) is 0 Å². The molecule has 0 saturated heterocycles. The third-order valence-corrected chi connectivity index (χ3v) is 3.98. The molecule has 0 radical (unpaired) electrons. The van der Waals surface area contributed by atoms with Crippen LogP contribution >= 0.6 is 0 Å². The highest BCUT2D eigenvalue weighted by Gasteiger charge is 2.31. The van der Waals surface area contributed by atoms with Gasteiger partial charge >= 0.3 is 0 Å². The third kappa shape index (κ3) is 2.68. The van der Waals surface area contributed by atoms with Crippen LogP contribution in [-0.2, 0) is 0 Å². The number of aromatic nitrogens is 2. The fourth-order valence-electron chi connectivity index (χ4n) is 2.77. The molecule has 0 bridgehead atoms. The summed E-state index contributed by atoms with van der Waals surface area (Å²) in [6.45, 7) is 4.62. The number of nitrogens with one attached hydrogen (secondary N) is 2. The van der Waals surface area contributed by atoms with Crippen LogP contribution in [0.15, 0.2) is 12.4 Å². The second-order valence-electron chi connectivity index (χ2n) is 4.90. The molecule has 3 atom stereocenters. The fourth-order valence-corrected chi connectivity index (χ4v) is 2.77. The molecule has 17 heavy (non-hydrogen) atoms. The van der Waals surface area contributed by atoms with Gasteiger partial charge in [-0.05, 0) is 24.7 Å². The average Bonchev–Trinajstić information content (AvgIpc) is 2.71. The molecule has 4 heteroatoms. The van der Waals surface area contributed by atoms with E-state index in [0.717, 1.165) is 23.5 Å². The predicted molar refractivity (Wildman–Crippen MR) is 71.2 cm³/mol. The van der Waals surface area contributed by atoms with Crippen LogP contribution in [-0.4, -0.2) is 23.1 Å². The Labute approximate surface area is 103 Å². The Morgan fingerprint density at radius 2 is 2.06 bits per heavy atom. The first-order valence-electron chi connectivity index (χ1n) is 6.51. The van der Waals surface area contributed by atoms with Crippen molar-refractivity contribution in [3.8, 4) is 0 Å². The van der Waals surface area contributed by atoms with Gasteiger partial charge in [-0.3, -0.25) is 4.98 Å². The number of nitrogens with zero attached hydrogens (tertiary/aromatic N) is 2. The summed E-state index contributed by atoms with van der Waals surface area (Å²) in [5, 5.41) is 6.53. The van der Waals surface area contributed by atoms with Gasteiger partial charge < -0.3 is 10.6 Å². The Balaban J connectivity index is 2.01. The zero-order valence-corrected chi connectivity index (χ0v) is 10.9. The number of hydrogen-bond acceptors (Lipinski definition) is 4. The van der Waals surface area contributed by atoms with E-state index in [0.29, 0.717) is 6.04 Å². The van der Waals surface area contributed by atoms with Crippen molar-refractivity contribution in [1.29, 1.82) is 0 Å². The summed E-state index contributed by atoms with van der Waals surface area (Å²) in [5.41, 5.74) is 0. The van der Waals surface area contributed by atoms with Gasteiger partial charge in [0.25, 0.3) is 0 Å². The highest BCUT2D eigenvalue weighted by molar-refractivity contribution is 5.41. The molecule has 0 spiro atoms. The average molecular weight is 234 g/mol. The monoisotopic (exact) mass is 234 g/mol. The normalized spacial score (nSPS) is 28.1. The van der Waals surface area contributed by atoms with Crippen molar-refractivity contribution in [3.63, 3.8) is 0 Å². The summed E-state index contributed by atoms with van der Waals surface area (Å²) in [7, 11) is 1.86. The van der Waals surface area contributed by atoms with Gasteiger partial charge in [0.2, 0.25) is 0 Å². The molecule has 94 valence electrons. The van der Waals surface area contributed by atoms with E-state index in [1.807, 2.05) is 7.05 Å². The largest absolute Gasteiger partial charge is 0.372 e. The first kappa shape index (κ1) is 12.1. The highest BCUT2D eigenvalue weighted by atomic mass is 15.1. The van der Waals surface area contributed by atoms with Gasteiger partial charge in [-0.25, -0.2) is 4.98 Å². The molecule has 1 saturated carbocycles. The van der Waals surface area contributed by atoms with Crippen LogP contribution in [0.5, 0.6) is 0 Å². The molecule has 0 aliphatic heterocycles. The van der Waals surface area contributed by atoms with Crippen molar-refractivity contribution >= 4 is 11.6 Å². The molecule has 2 N–H and O–H groups in total. The van der Waals surface area contributed by atoms with Gasteiger partial charge in [0.05, 0.1) is 12.4 Å². The predicted octanol–water partition coefficient (Wildman–Crippen LogP) is 2.75. The molecule has 1 aromatic heterocycles. The second kappa shape index (κ2) is 5.34. The van der Waals surface area contributed by atoms with E-state index >= 15 is 0 Å². The summed E-state index contributed by atoms with van der Waals surface area (Å²) >= 11 is 0. The van der Waals surface area contributed by atoms with E-state index in [-0.39, 0.29) is 0 Å². The lowest BCUT2D eigenvalue weighted by Gasteiger charge is -2.21. The Morgan fingerprint density at radius 1 is 1.29 bits per heavy atom. The van der Waals surface area contributed by atoms with Gasteiger partial charge in [-0.15, -0.1) is 0 Å². The van der Waals surface area contributed by atoms with E-state index in [9.17, 15) is 0 Å². The Morgan fingerprint density at radius 3 is 2.71 bits per heavy atom. The zero-order chi connectivity index (χ0) is 12.3.